The zero-order valence-electron chi connectivity index (χ0n) is 15.7. The Labute approximate surface area is 150 Å². The molecule has 0 bridgehead atoms. The SMILES string of the molecule is CCCC(=O)N[C@@H]1CCCN([C@@H](C)c2nnnn2C2CCCCC2)C1. The number of hydrogen-bond donors (Lipinski definition) is 1. The third-order valence-corrected chi connectivity index (χ3v) is 5.66. The number of piperidine rings is 1. The quantitative estimate of drug-likeness (QED) is 0.855. The highest BCUT2D eigenvalue weighted by Crippen LogP contribution is 2.31. The first-order valence-corrected chi connectivity index (χ1v) is 10.00. The summed E-state index contributed by atoms with van der Waals surface area (Å²) in [4.78, 5) is 14.3. The van der Waals surface area contributed by atoms with Crippen LogP contribution < -0.4 is 5.32 Å². The fourth-order valence-corrected chi connectivity index (χ4v) is 4.23. The molecule has 3 rings (SSSR count). The first-order chi connectivity index (χ1) is 12.2. The van der Waals surface area contributed by atoms with E-state index in [1.165, 1.54) is 32.1 Å². The van der Waals surface area contributed by atoms with Gasteiger partial charge in [-0.25, -0.2) is 4.68 Å². The maximum atomic E-state index is 11.9. The molecule has 0 aromatic carbocycles. The molecular formula is C18H32N6O. The van der Waals surface area contributed by atoms with Gasteiger partial charge in [-0.3, -0.25) is 9.69 Å². The average molecular weight is 348 g/mol. The van der Waals surface area contributed by atoms with Crippen LogP contribution in [0.15, 0.2) is 0 Å². The summed E-state index contributed by atoms with van der Waals surface area (Å²) in [7, 11) is 0. The molecule has 2 heterocycles. The Balaban J connectivity index is 1.63. The standard InChI is InChI=1S/C18H32N6O/c1-3-8-17(25)19-15-9-7-12-23(13-15)14(2)18-20-21-22-24(18)16-10-5-4-6-11-16/h14-16H,3-13H2,1-2H3,(H,19,25)/t14-,15+/m0/s1. The molecule has 140 valence electrons. The van der Waals surface area contributed by atoms with Crippen LogP contribution in [0.3, 0.4) is 0 Å². The molecular weight excluding hydrogens is 316 g/mol. The number of hydrogen-bond acceptors (Lipinski definition) is 5. The Bertz CT molecular complexity index is 554. The minimum atomic E-state index is 0.175. The van der Waals surface area contributed by atoms with Gasteiger partial charge in [-0.15, -0.1) is 5.10 Å². The van der Waals surface area contributed by atoms with E-state index in [2.05, 4.69) is 37.3 Å². The topological polar surface area (TPSA) is 75.9 Å². The predicted molar refractivity (Wildman–Crippen MR) is 96.0 cm³/mol. The van der Waals surface area contributed by atoms with Crippen molar-refractivity contribution < 1.29 is 4.79 Å². The normalized spacial score (nSPS) is 24.2. The molecule has 0 unspecified atom stereocenters. The minimum Gasteiger partial charge on any atom is -0.352 e. The van der Waals surface area contributed by atoms with Gasteiger partial charge in [-0.1, -0.05) is 26.2 Å². The van der Waals surface area contributed by atoms with Crippen molar-refractivity contribution in [3.8, 4) is 0 Å². The predicted octanol–water partition coefficient (Wildman–Crippen LogP) is 2.62. The van der Waals surface area contributed by atoms with Crippen LogP contribution >= 0.6 is 0 Å². The highest BCUT2D eigenvalue weighted by Gasteiger charge is 2.30. The van der Waals surface area contributed by atoms with Gasteiger partial charge >= 0.3 is 0 Å². The maximum absolute atomic E-state index is 11.9. The number of likely N-dealkylation sites (tertiary alicyclic amines) is 1. The number of nitrogens with zero attached hydrogens (tertiary/aromatic N) is 5. The monoisotopic (exact) mass is 348 g/mol. The van der Waals surface area contributed by atoms with Crippen molar-refractivity contribution in [3.05, 3.63) is 5.82 Å². The fraction of sp³-hybridized carbons (Fsp3) is 0.889. The Hall–Kier alpha value is -1.50. The highest BCUT2D eigenvalue weighted by atomic mass is 16.1. The molecule has 1 aromatic heterocycles. The van der Waals surface area contributed by atoms with Crippen molar-refractivity contribution in [2.75, 3.05) is 13.1 Å². The van der Waals surface area contributed by atoms with Crippen molar-refractivity contribution in [2.45, 2.75) is 89.8 Å². The minimum absolute atomic E-state index is 0.175. The van der Waals surface area contributed by atoms with Crippen molar-refractivity contribution in [1.82, 2.24) is 30.4 Å². The summed E-state index contributed by atoms with van der Waals surface area (Å²) in [5.74, 6) is 1.15. The van der Waals surface area contributed by atoms with Crippen LogP contribution in [0.2, 0.25) is 0 Å². The van der Waals surface area contributed by atoms with Crippen molar-refractivity contribution >= 4 is 5.91 Å². The van der Waals surface area contributed by atoms with E-state index in [4.69, 9.17) is 0 Å². The lowest BCUT2D eigenvalue weighted by molar-refractivity contribution is -0.122. The molecule has 0 radical (unpaired) electrons. The summed E-state index contributed by atoms with van der Waals surface area (Å²) in [5.41, 5.74) is 0. The number of amides is 1. The van der Waals surface area contributed by atoms with E-state index in [0.29, 0.717) is 12.5 Å². The molecule has 7 nitrogen and oxygen atoms in total. The number of carbonyl (C=O) groups excluding carboxylic acids is 1. The molecule has 1 aromatic rings. The first-order valence-electron chi connectivity index (χ1n) is 10.00. The summed E-state index contributed by atoms with van der Waals surface area (Å²) in [6.45, 7) is 6.16. The smallest absolute Gasteiger partial charge is 0.220 e. The molecule has 25 heavy (non-hydrogen) atoms. The third-order valence-electron chi connectivity index (χ3n) is 5.66. The molecule has 1 amide bonds. The summed E-state index contributed by atoms with van der Waals surface area (Å²) in [5, 5.41) is 15.8. The van der Waals surface area contributed by atoms with Crippen LogP contribution in [-0.2, 0) is 4.79 Å². The summed E-state index contributed by atoms with van der Waals surface area (Å²) < 4.78 is 2.07. The van der Waals surface area contributed by atoms with Gasteiger partial charge in [-0.05, 0) is 56.0 Å². The van der Waals surface area contributed by atoms with E-state index >= 15 is 0 Å². The zero-order chi connectivity index (χ0) is 17.6. The van der Waals surface area contributed by atoms with E-state index in [1.54, 1.807) is 0 Å². The van der Waals surface area contributed by atoms with Crippen LogP contribution in [0.25, 0.3) is 0 Å². The molecule has 1 N–H and O–H groups in total. The van der Waals surface area contributed by atoms with Crippen molar-refractivity contribution in [3.63, 3.8) is 0 Å². The number of tetrazole rings is 1. The maximum Gasteiger partial charge on any atom is 0.220 e. The van der Waals surface area contributed by atoms with Crippen LogP contribution in [-0.4, -0.2) is 50.1 Å². The molecule has 1 aliphatic heterocycles. The van der Waals surface area contributed by atoms with Crippen LogP contribution in [0.1, 0.15) is 89.5 Å². The van der Waals surface area contributed by atoms with E-state index in [-0.39, 0.29) is 18.0 Å². The van der Waals surface area contributed by atoms with Gasteiger partial charge in [-0.2, -0.15) is 0 Å². The largest absolute Gasteiger partial charge is 0.352 e. The average Bonchev–Trinajstić information content (AvgIpc) is 3.12. The van der Waals surface area contributed by atoms with Gasteiger partial charge < -0.3 is 5.32 Å². The lowest BCUT2D eigenvalue weighted by Crippen LogP contribution is -2.48. The number of aromatic nitrogens is 4. The van der Waals surface area contributed by atoms with Gasteiger partial charge in [0, 0.05) is 19.0 Å². The molecule has 1 saturated heterocycles. The Kier molecular flexibility index (Phi) is 6.39. The number of carbonyl (C=O) groups is 1. The van der Waals surface area contributed by atoms with Crippen molar-refractivity contribution in [1.29, 1.82) is 0 Å². The van der Waals surface area contributed by atoms with E-state index in [9.17, 15) is 4.79 Å². The van der Waals surface area contributed by atoms with Gasteiger partial charge in [0.05, 0.1) is 12.1 Å². The first kappa shape index (κ1) is 18.3. The van der Waals surface area contributed by atoms with Gasteiger partial charge in [0.25, 0.3) is 0 Å². The van der Waals surface area contributed by atoms with Crippen LogP contribution in [0.4, 0.5) is 0 Å². The lowest BCUT2D eigenvalue weighted by atomic mass is 9.95. The van der Waals surface area contributed by atoms with Crippen molar-refractivity contribution in [2.24, 2.45) is 0 Å². The van der Waals surface area contributed by atoms with E-state index in [1.807, 2.05) is 6.92 Å². The lowest BCUT2D eigenvalue weighted by Gasteiger charge is -2.37. The zero-order valence-corrected chi connectivity index (χ0v) is 15.7. The fourth-order valence-electron chi connectivity index (χ4n) is 4.23. The molecule has 2 aliphatic rings. The molecule has 1 saturated carbocycles. The molecule has 2 fully saturated rings. The Morgan fingerprint density at radius 3 is 2.80 bits per heavy atom. The molecule has 1 aliphatic carbocycles. The second kappa shape index (κ2) is 8.74. The van der Waals surface area contributed by atoms with Crippen LogP contribution in [0, 0.1) is 0 Å². The Morgan fingerprint density at radius 1 is 1.24 bits per heavy atom. The second-order valence-corrected chi connectivity index (χ2v) is 7.60. The highest BCUT2D eigenvalue weighted by molar-refractivity contribution is 5.76. The van der Waals surface area contributed by atoms with Gasteiger partial charge in [0.1, 0.15) is 0 Å². The number of rotatable bonds is 6. The third kappa shape index (κ3) is 4.57. The van der Waals surface area contributed by atoms with E-state index < -0.39 is 0 Å². The summed E-state index contributed by atoms with van der Waals surface area (Å²) in [6.07, 6.45) is 9.91. The van der Waals surface area contributed by atoms with E-state index in [0.717, 1.165) is 38.2 Å². The second-order valence-electron chi connectivity index (χ2n) is 7.60. The van der Waals surface area contributed by atoms with Crippen LogP contribution in [0.5, 0.6) is 0 Å². The molecule has 2 atom stereocenters. The van der Waals surface area contributed by atoms with Gasteiger partial charge in [0.15, 0.2) is 5.82 Å². The Morgan fingerprint density at radius 2 is 2.04 bits per heavy atom. The summed E-state index contributed by atoms with van der Waals surface area (Å²) in [6, 6.07) is 0.878. The number of nitrogens with one attached hydrogen (secondary N) is 1. The molecule has 0 spiro atoms. The summed E-state index contributed by atoms with van der Waals surface area (Å²) >= 11 is 0. The molecule has 7 heteroatoms. The van der Waals surface area contributed by atoms with Gasteiger partial charge in [0.2, 0.25) is 5.91 Å².